The van der Waals surface area contributed by atoms with Crippen molar-refractivity contribution in [3.63, 3.8) is 0 Å². The van der Waals surface area contributed by atoms with Gasteiger partial charge in [0, 0.05) is 6.42 Å². The molecule has 92 valence electrons. The van der Waals surface area contributed by atoms with Crippen molar-refractivity contribution in [3.8, 4) is 0 Å². The fourth-order valence-electron chi connectivity index (χ4n) is 2.73. The zero-order chi connectivity index (χ0) is 12.0. The van der Waals surface area contributed by atoms with Gasteiger partial charge < -0.3 is 0 Å². The van der Waals surface area contributed by atoms with E-state index in [1.54, 1.807) is 6.08 Å². The molecule has 0 amide bonds. The molecule has 2 rings (SSSR count). The Hall–Kier alpha value is -0.590. The van der Waals surface area contributed by atoms with E-state index < -0.39 is 0 Å². The summed E-state index contributed by atoms with van der Waals surface area (Å²) >= 11 is 0. The highest BCUT2D eigenvalue weighted by atomic mass is 16.1. The van der Waals surface area contributed by atoms with E-state index in [1.807, 2.05) is 6.92 Å². The van der Waals surface area contributed by atoms with E-state index in [-0.39, 0.29) is 11.2 Å². The van der Waals surface area contributed by atoms with Gasteiger partial charge in [-0.25, -0.2) is 0 Å². The molecule has 16 heavy (non-hydrogen) atoms. The van der Waals surface area contributed by atoms with Gasteiger partial charge in [0.1, 0.15) is 0 Å². The summed E-state index contributed by atoms with van der Waals surface area (Å²) < 4.78 is 0. The molecule has 0 saturated heterocycles. The van der Waals surface area contributed by atoms with E-state index >= 15 is 0 Å². The van der Waals surface area contributed by atoms with Crippen LogP contribution in [0.25, 0.3) is 0 Å². The molecule has 0 bridgehead atoms. The van der Waals surface area contributed by atoms with Gasteiger partial charge in [-0.2, -0.15) is 0 Å². The standard InChI is InChI=1S/C9H14O.C6H12/c1-7-4-8(10)6-9(2,3)5-7;1-2-4-6-5-3-1/h4H,5-6H2,1-3H3;1-6H2. The summed E-state index contributed by atoms with van der Waals surface area (Å²) in [5.41, 5.74) is 1.43. The second kappa shape index (κ2) is 6.22. The fourth-order valence-corrected chi connectivity index (χ4v) is 2.73. The first-order chi connectivity index (χ1) is 7.49. The Bertz CT molecular complexity index is 245. The Balaban J connectivity index is 0.000000181. The van der Waals surface area contributed by atoms with Crippen molar-refractivity contribution < 1.29 is 4.79 Å². The molecule has 0 aromatic rings. The average molecular weight is 222 g/mol. The molecule has 0 radical (unpaired) electrons. The van der Waals surface area contributed by atoms with Gasteiger partial charge in [-0.05, 0) is 24.8 Å². The van der Waals surface area contributed by atoms with E-state index in [2.05, 4.69) is 13.8 Å². The van der Waals surface area contributed by atoms with Gasteiger partial charge in [-0.3, -0.25) is 4.79 Å². The largest absolute Gasteiger partial charge is 0.295 e. The summed E-state index contributed by atoms with van der Waals surface area (Å²) in [4.78, 5) is 11.0. The third kappa shape index (κ3) is 5.48. The summed E-state index contributed by atoms with van der Waals surface area (Å²) in [5, 5.41) is 0. The topological polar surface area (TPSA) is 17.1 Å². The van der Waals surface area contributed by atoms with Crippen LogP contribution < -0.4 is 0 Å². The van der Waals surface area contributed by atoms with Crippen LogP contribution >= 0.6 is 0 Å². The first kappa shape index (κ1) is 13.5. The molecular weight excluding hydrogens is 196 g/mol. The van der Waals surface area contributed by atoms with Gasteiger partial charge in [-0.1, -0.05) is 57.9 Å². The fraction of sp³-hybridized carbons (Fsp3) is 0.800. The van der Waals surface area contributed by atoms with Crippen LogP contribution in [-0.4, -0.2) is 5.78 Å². The van der Waals surface area contributed by atoms with E-state index in [4.69, 9.17) is 0 Å². The van der Waals surface area contributed by atoms with Gasteiger partial charge in [0.05, 0.1) is 0 Å². The molecule has 0 aliphatic heterocycles. The van der Waals surface area contributed by atoms with Crippen molar-refractivity contribution in [2.24, 2.45) is 5.41 Å². The van der Waals surface area contributed by atoms with E-state index in [1.165, 1.54) is 44.1 Å². The highest BCUT2D eigenvalue weighted by Crippen LogP contribution is 2.32. The molecule has 1 fully saturated rings. The Morgan fingerprint density at radius 3 is 1.69 bits per heavy atom. The molecule has 0 atom stereocenters. The van der Waals surface area contributed by atoms with Crippen molar-refractivity contribution in [2.75, 3.05) is 0 Å². The first-order valence-electron chi connectivity index (χ1n) is 6.70. The van der Waals surface area contributed by atoms with Crippen LogP contribution in [0, 0.1) is 5.41 Å². The number of hydrogen-bond acceptors (Lipinski definition) is 1. The van der Waals surface area contributed by atoms with E-state index in [0.717, 1.165) is 6.42 Å². The SMILES string of the molecule is C1CCCCC1.CC1=CC(=O)CC(C)(C)C1. The minimum absolute atomic E-state index is 0.204. The highest BCUT2D eigenvalue weighted by molar-refractivity contribution is 5.91. The van der Waals surface area contributed by atoms with Gasteiger partial charge in [0.25, 0.3) is 0 Å². The molecule has 0 heterocycles. The summed E-state index contributed by atoms with van der Waals surface area (Å²) in [7, 11) is 0. The predicted molar refractivity (Wildman–Crippen MR) is 69.5 cm³/mol. The van der Waals surface area contributed by atoms with Crippen molar-refractivity contribution in [3.05, 3.63) is 11.6 Å². The average Bonchev–Trinajstić information content (AvgIpc) is 2.17. The molecule has 1 saturated carbocycles. The number of allylic oxidation sites excluding steroid dienone is 2. The summed E-state index contributed by atoms with van der Waals surface area (Å²) in [6.45, 7) is 6.31. The van der Waals surface area contributed by atoms with Crippen molar-refractivity contribution in [2.45, 2.75) is 72.1 Å². The van der Waals surface area contributed by atoms with Gasteiger partial charge in [-0.15, -0.1) is 0 Å². The predicted octanol–water partition coefficient (Wildman–Crippen LogP) is 4.66. The normalized spacial score (nSPS) is 24.2. The number of rotatable bonds is 0. The monoisotopic (exact) mass is 222 g/mol. The quantitative estimate of drug-likeness (QED) is 0.582. The lowest BCUT2D eigenvalue weighted by Crippen LogP contribution is -2.20. The van der Waals surface area contributed by atoms with Crippen molar-refractivity contribution in [1.82, 2.24) is 0 Å². The third-order valence-electron chi connectivity index (χ3n) is 3.32. The molecule has 0 aromatic carbocycles. The maximum absolute atomic E-state index is 11.0. The maximum Gasteiger partial charge on any atom is 0.156 e. The lowest BCUT2D eigenvalue weighted by molar-refractivity contribution is -0.117. The Kier molecular flexibility index (Phi) is 5.24. The maximum atomic E-state index is 11.0. The van der Waals surface area contributed by atoms with Gasteiger partial charge in [0.2, 0.25) is 0 Å². The summed E-state index contributed by atoms with van der Waals surface area (Å²) in [5.74, 6) is 0.286. The first-order valence-corrected chi connectivity index (χ1v) is 6.70. The Labute approximate surface area is 100 Å². The van der Waals surface area contributed by atoms with E-state index in [0.29, 0.717) is 6.42 Å². The smallest absolute Gasteiger partial charge is 0.156 e. The highest BCUT2D eigenvalue weighted by Gasteiger charge is 2.25. The summed E-state index contributed by atoms with van der Waals surface area (Å²) in [6.07, 6.45) is 12.5. The number of hydrogen-bond donors (Lipinski definition) is 0. The lowest BCUT2D eigenvalue weighted by Gasteiger charge is -2.27. The van der Waals surface area contributed by atoms with Crippen LogP contribution in [0.15, 0.2) is 11.6 Å². The summed E-state index contributed by atoms with van der Waals surface area (Å²) in [6, 6.07) is 0. The van der Waals surface area contributed by atoms with Crippen molar-refractivity contribution in [1.29, 1.82) is 0 Å². The molecule has 0 unspecified atom stereocenters. The molecule has 1 nitrogen and oxygen atoms in total. The van der Waals surface area contributed by atoms with Gasteiger partial charge >= 0.3 is 0 Å². The lowest BCUT2D eigenvalue weighted by atomic mass is 9.77. The zero-order valence-electron chi connectivity index (χ0n) is 11.1. The van der Waals surface area contributed by atoms with Crippen molar-refractivity contribution >= 4 is 5.78 Å². The molecule has 0 N–H and O–H groups in total. The molecule has 0 spiro atoms. The Morgan fingerprint density at radius 1 is 0.938 bits per heavy atom. The molecular formula is C15H26O. The molecule has 0 aromatic heterocycles. The van der Waals surface area contributed by atoms with Crippen LogP contribution in [0.2, 0.25) is 0 Å². The number of carbonyl (C=O) groups excluding carboxylic acids is 1. The van der Waals surface area contributed by atoms with Crippen LogP contribution in [0.5, 0.6) is 0 Å². The molecule has 2 aliphatic rings. The van der Waals surface area contributed by atoms with Crippen LogP contribution in [0.1, 0.15) is 72.1 Å². The second-order valence-electron chi connectivity index (χ2n) is 6.10. The molecule has 2 aliphatic carbocycles. The zero-order valence-corrected chi connectivity index (χ0v) is 11.1. The van der Waals surface area contributed by atoms with Crippen LogP contribution in [-0.2, 0) is 4.79 Å². The number of carbonyl (C=O) groups is 1. The van der Waals surface area contributed by atoms with Crippen LogP contribution in [0.3, 0.4) is 0 Å². The number of ketones is 1. The van der Waals surface area contributed by atoms with E-state index in [9.17, 15) is 4.79 Å². The second-order valence-corrected chi connectivity index (χ2v) is 6.10. The third-order valence-corrected chi connectivity index (χ3v) is 3.32. The Morgan fingerprint density at radius 2 is 1.38 bits per heavy atom. The van der Waals surface area contributed by atoms with Crippen LogP contribution in [0.4, 0.5) is 0 Å². The molecule has 1 heteroatoms. The minimum Gasteiger partial charge on any atom is -0.295 e. The minimum atomic E-state index is 0.204. The van der Waals surface area contributed by atoms with Gasteiger partial charge in [0.15, 0.2) is 5.78 Å².